The van der Waals surface area contributed by atoms with Gasteiger partial charge in [-0.15, -0.1) is 0 Å². The lowest BCUT2D eigenvalue weighted by atomic mass is 9.84. The number of rotatable bonds is 3. The Kier molecular flexibility index (Phi) is 4.88. The van der Waals surface area contributed by atoms with Gasteiger partial charge in [-0.05, 0) is 18.4 Å². The lowest BCUT2D eigenvalue weighted by Gasteiger charge is -2.37. The largest absolute Gasteiger partial charge is 0.337 e. The van der Waals surface area contributed by atoms with E-state index in [4.69, 9.17) is 11.6 Å². The van der Waals surface area contributed by atoms with Crippen LogP contribution in [0.25, 0.3) is 5.78 Å². The SMILES string of the molecule is CC1CCN(C(=O)c2nccnc2Cl)C[C@H]1c1cc(C(F)F)nc2ncnn12. The van der Waals surface area contributed by atoms with Crippen LogP contribution in [0.1, 0.15) is 47.6 Å². The Bertz CT molecular complexity index is 1030. The lowest BCUT2D eigenvalue weighted by Crippen LogP contribution is -2.43. The molecule has 0 spiro atoms. The van der Waals surface area contributed by atoms with Gasteiger partial charge in [0.1, 0.15) is 12.0 Å². The van der Waals surface area contributed by atoms with Crippen molar-refractivity contribution in [2.24, 2.45) is 5.92 Å². The summed E-state index contributed by atoms with van der Waals surface area (Å²) in [6, 6.07) is 1.34. The van der Waals surface area contributed by atoms with E-state index in [9.17, 15) is 13.6 Å². The molecule has 4 rings (SSSR count). The summed E-state index contributed by atoms with van der Waals surface area (Å²) in [6.45, 7) is 2.85. The zero-order chi connectivity index (χ0) is 19.8. The van der Waals surface area contributed by atoms with Crippen molar-refractivity contribution in [2.45, 2.75) is 25.7 Å². The number of likely N-dealkylation sites (tertiary alicyclic amines) is 1. The number of alkyl halides is 2. The van der Waals surface area contributed by atoms with Crippen molar-refractivity contribution in [2.75, 3.05) is 13.1 Å². The van der Waals surface area contributed by atoms with Crippen molar-refractivity contribution >= 4 is 23.3 Å². The summed E-state index contributed by atoms with van der Waals surface area (Å²) < 4.78 is 28.1. The predicted octanol–water partition coefficient (Wildman–Crippen LogP) is 2.77. The number of carbonyl (C=O) groups is 1. The average molecular weight is 408 g/mol. The molecule has 2 atom stereocenters. The first-order chi connectivity index (χ1) is 13.5. The second kappa shape index (κ2) is 7.34. The Balaban J connectivity index is 1.70. The zero-order valence-electron chi connectivity index (χ0n) is 14.8. The third kappa shape index (κ3) is 3.28. The minimum Gasteiger partial charge on any atom is -0.337 e. The van der Waals surface area contributed by atoms with Gasteiger partial charge in [-0.3, -0.25) is 4.79 Å². The van der Waals surface area contributed by atoms with Crippen LogP contribution in [-0.2, 0) is 0 Å². The maximum absolute atomic E-state index is 13.3. The standard InChI is InChI=1S/C17H16ClF2N7O/c1-9-2-5-26(16(28)13-14(18)22-4-3-21-13)7-10(9)12-6-11(15(19)20)25-17-23-8-24-27(12)17/h3-4,6,8-10,15H,2,5,7H2,1H3/t9?,10-/m1/s1. The van der Waals surface area contributed by atoms with Gasteiger partial charge >= 0.3 is 0 Å². The molecule has 8 nitrogen and oxygen atoms in total. The highest BCUT2D eigenvalue weighted by molar-refractivity contribution is 6.32. The molecule has 11 heteroatoms. The van der Waals surface area contributed by atoms with Crippen LogP contribution in [0.3, 0.4) is 0 Å². The van der Waals surface area contributed by atoms with Crippen LogP contribution < -0.4 is 0 Å². The van der Waals surface area contributed by atoms with E-state index in [0.29, 0.717) is 25.2 Å². The molecule has 28 heavy (non-hydrogen) atoms. The van der Waals surface area contributed by atoms with E-state index in [-0.39, 0.29) is 40.1 Å². The number of aromatic nitrogens is 6. The molecule has 1 fully saturated rings. The molecule has 1 aliphatic heterocycles. The highest BCUT2D eigenvalue weighted by atomic mass is 35.5. The van der Waals surface area contributed by atoms with Crippen LogP contribution in [0.5, 0.6) is 0 Å². The maximum atomic E-state index is 13.3. The first kappa shape index (κ1) is 18.6. The Morgan fingerprint density at radius 3 is 2.82 bits per heavy atom. The van der Waals surface area contributed by atoms with Gasteiger partial charge in [-0.1, -0.05) is 18.5 Å². The highest BCUT2D eigenvalue weighted by Gasteiger charge is 2.34. The number of hydrogen-bond donors (Lipinski definition) is 0. The van der Waals surface area contributed by atoms with Crippen LogP contribution in [0.15, 0.2) is 24.8 Å². The van der Waals surface area contributed by atoms with Gasteiger partial charge in [0.25, 0.3) is 18.1 Å². The minimum absolute atomic E-state index is 0.0326. The van der Waals surface area contributed by atoms with Gasteiger partial charge in [0.05, 0.1) is 5.69 Å². The number of halogens is 3. The molecular formula is C17H16ClF2N7O. The van der Waals surface area contributed by atoms with E-state index in [2.05, 4.69) is 25.0 Å². The predicted molar refractivity (Wildman–Crippen MR) is 95.2 cm³/mol. The fraction of sp³-hybridized carbons (Fsp3) is 0.412. The first-order valence-corrected chi connectivity index (χ1v) is 9.08. The molecule has 1 amide bonds. The normalized spacial score (nSPS) is 20.1. The smallest absolute Gasteiger partial charge is 0.280 e. The van der Waals surface area contributed by atoms with Gasteiger partial charge in [0.15, 0.2) is 10.8 Å². The second-order valence-corrected chi connectivity index (χ2v) is 7.06. The molecule has 0 aromatic carbocycles. The molecule has 0 radical (unpaired) electrons. The van der Waals surface area contributed by atoms with Crippen LogP contribution in [-0.4, -0.2) is 53.4 Å². The molecule has 3 aromatic rings. The Morgan fingerprint density at radius 2 is 2.07 bits per heavy atom. The van der Waals surface area contributed by atoms with E-state index >= 15 is 0 Å². The quantitative estimate of drug-likeness (QED) is 0.663. The van der Waals surface area contributed by atoms with Crippen molar-refractivity contribution in [1.29, 1.82) is 0 Å². The first-order valence-electron chi connectivity index (χ1n) is 8.70. The summed E-state index contributed by atoms with van der Waals surface area (Å²) in [5, 5.41) is 4.15. The molecule has 0 N–H and O–H groups in total. The van der Waals surface area contributed by atoms with Gasteiger partial charge in [0.2, 0.25) is 0 Å². The molecule has 0 saturated carbocycles. The third-order valence-corrected chi connectivity index (χ3v) is 5.28. The summed E-state index contributed by atoms with van der Waals surface area (Å²) in [5.74, 6) is -0.312. The van der Waals surface area contributed by atoms with Crippen molar-refractivity contribution in [3.8, 4) is 0 Å². The monoisotopic (exact) mass is 407 g/mol. The molecule has 146 valence electrons. The van der Waals surface area contributed by atoms with E-state index in [1.54, 1.807) is 4.90 Å². The number of fused-ring (bicyclic) bond motifs is 1. The molecule has 1 saturated heterocycles. The lowest BCUT2D eigenvalue weighted by molar-refractivity contribution is 0.0659. The van der Waals surface area contributed by atoms with Crippen molar-refractivity contribution in [1.82, 2.24) is 34.4 Å². The van der Waals surface area contributed by atoms with Gasteiger partial charge in [-0.25, -0.2) is 28.2 Å². The van der Waals surface area contributed by atoms with Gasteiger partial charge in [-0.2, -0.15) is 10.1 Å². The molecule has 3 aromatic heterocycles. The second-order valence-electron chi connectivity index (χ2n) is 6.70. The topological polar surface area (TPSA) is 89.2 Å². The van der Waals surface area contributed by atoms with E-state index < -0.39 is 6.43 Å². The van der Waals surface area contributed by atoms with Crippen molar-refractivity contribution < 1.29 is 13.6 Å². The summed E-state index contributed by atoms with van der Waals surface area (Å²) in [6.07, 6.45) is 2.05. The van der Waals surface area contributed by atoms with Crippen molar-refractivity contribution in [3.05, 3.63) is 47.0 Å². The molecular weight excluding hydrogens is 392 g/mol. The Labute approximate surface area is 163 Å². The maximum Gasteiger partial charge on any atom is 0.280 e. The van der Waals surface area contributed by atoms with E-state index in [1.807, 2.05) is 6.92 Å². The number of amides is 1. The molecule has 0 bridgehead atoms. The highest BCUT2D eigenvalue weighted by Crippen LogP contribution is 2.34. The van der Waals surface area contributed by atoms with Crippen molar-refractivity contribution in [3.63, 3.8) is 0 Å². The van der Waals surface area contributed by atoms with Crippen LogP contribution in [0.4, 0.5) is 8.78 Å². The number of hydrogen-bond acceptors (Lipinski definition) is 6. The van der Waals surface area contributed by atoms with E-state index in [1.165, 1.54) is 29.3 Å². The summed E-state index contributed by atoms with van der Waals surface area (Å²) in [4.78, 5) is 30.2. The summed E-state index contributed by atoms with van der Waals surface area (Å²) in [5.41, 5.74) is 0.266. The molecule has 0 aliphatic carbocycles. The Hall–Kier alpha value is -2.75. The molecule has 4 heterocycles. The average Bonchev–Trinajstić information content (AvgIpc) is 3.16. The third-order valence-electron chi connectivity index (χ3n) is 5.00. The van der Waals surface area contributed by atoms with Crippen LogP contribution >= 0.6 is 11.6 Å². The molecule has 1 aliphatic rings. The van der Waals surface area contributed by atoms with Gasteiger partial charge < -0.3 is 4.90 Å². The van der Waals surface area contributed by atoms with Gasteiger partial charge in [0, 0.05) is 31.4 Å². The number of nitrogens with zero attached hydrogens (tertiary/aromatic N) is 7. The zero-order valence-corrected chi connectivity index (χ0v) is 15.6. The minimum atomic E-state index is -2.73. The Morgan fingerprint density at radius 1 is 1.29 bits per heavy atom. The molecule has 1 unspecified atom stereocenters. The van der Waals surface area contributed by atoms with E-state index in [0.717, 1.165) is 0 Å². The summed E-state index contributed by atoms with van der Waals surface area (Å²) >= 11 is 6.00. The fourth-order valence-electron chi connectivity index (χ4n) is 3.48. The van der Waals surface area contributed by atoms with Crippen LogP contribution in [0.2, 0.25) is 5.15 Å². The number of carbonyl (C=O) groups excluding carboxylic acids is 1. The summed E-state index contributed by atoms with van der Waals surface area (Å²) in [7, 11) is 0. The number of piperidine rings is 1. The van der Waals surface area contributed by atoms with Crippen LogP contribution in [0, 0.1) is 5.92 Å². The fourth-order valence-corrected chi connectivity index (χ4v) is 3.67.